The normalized spacial score (nSPS) is 11.9. The van der Waals surface area contributed by atoms with E-state index in [1.165, 1.54) is 16.7 Å². The van der Waals surface area contributed by atoms with Crippen LogP contribution in [0.15, 0.2) is 36.4 Å². The number of aromatic nitrogens is 2. The summed E-state index contributed by atoms with van der Waals surface area (Å²) in [6, 6.07) is 10.1. The first-order chi connectivity index (χ1) is 14.0. The molecule has 1 heterocycles. The molecule has 0 saturated heterocycles. The predicted molar refractivity (Wildman–Crippen MR) is 125 cm³/mol. The van der Waals surface area contributed by atoms with Crippen molar-refractivity contribution in [1.29, 1.82) is 0 Å². The van der Waals surface area contributed by atoms with Gasteiger partial charge in [-0.25, -0.2) is 4.98 Å². The van der Waals surface area contributed by atoms with Crippen LogP contribution in [0.25, 0.3) is 16.6 Å². The number of anilines is 2. The van der Waals surface area contributed by atoms with E-state index in [1.54, 1.807) is 7.11 Å². The largest absolute Gasteiger partial charge is 0.495 e. The molecule has 4 nitrogen and oxygen atoms in total. The first-order valence-electron chi connectivity index (χ1n) is 10.3. The molecule has 0 aliphatic carbocycles. The van der Waals surface area contributed by atoms with Crippen LogP contribution in [0.4, 0.5) is 11.6 Å². The number of hydrogen-bond acceptors (Lipinski definition) is 3. The van der Waals surface area contributed by atoms with Gasteiger partial charge in [-0.3, -0.25) is 0 Å². The van der Waals surface area contributed by atoms with E-state index < -0.39 is 0 Å². The Bertz CT molecular complexity index is 1040. The van der Waals surface area contributed by atoms with E-state index in [9.17, 15) is 0 Å². The summed E-state index contributed by atoms with van der Waals surface area (Å²) in [6.45, 7) is 9.40. The monoisotopic (exact) mass is 411 g/mol. The highest BCUT2D eigenvalue weighted by molar-refractivity contribution is 6.31. The lowest BCUT2D eigenvalue weighted by atomic mass is 9.99. The minimum atomic E-state index is 0.657. The van der Waals surface area contributed by atoms with Crippen LogP contribution in [0.1, 0.15) is 51.2 Å². The van der Waals surface area contributed by atoms with E-state index in [-0.39, 0.29) is 0 Å². The lowest BCUT2D eigenvalue weighted by Gasteiger charge is -2.16. The van der Waals surface area contributed by atoms with Crippen molar-refractivity contribution >= 4 is 39.8 Å². The molecule has 3 rings (SSSR count). The van der Waals surface area contributed by atoms with Crippen LogP contribution in [0.3, 0.4) is 0 Å². The summed E-state index contributed by atoms with van der Waals surface area (Å²) < 4.78 is 7.81. The smallest absolute Gasteiger partial charge is 0.208 e. The van der Waals surface area contributed by atoms with Gasteiger partial charge in [-0.15, -0.1) is 0 Å². The summed E-state index contributed by atoms with van der Waals surface area (Å²) in [6.07, 6.45) is 5.55. The Morgan fingerprint density at radius 3 is 2.69 bits per heavy atom. The molecule has 2 aromatic carbocycles. The van der Waals surface area contributed by atoms with Crippen molar-refractivity contribution in [2.45, 2.75) is 53.5 Å². The number of methoxy groups -OCH3 is 1. The van der Waals surface area contributed by atoms with Crippen LogP contribution in [0, 0.1) is 6.92 Å². The van der Waals surface area contributed by atoms with E-state index in [2.05, 4.69) is 54.9 Å². The van der Waals surface area contributed by atoms with Crippen LogP contribution >= 0.6 is 11.6 Å². The van der Waals surface area contributed by atoms with E-state index >= 15 is 0 Å². The number of aryl methyl sites for hydroxylation is 2. The zero-order chi connectivity index (χ0) is 21.0. The minimum absolute atomic E-state index is 0.657. The van der Waals surface area contributed by atoms with Gasteiger partial charge in [-0.1, -0.05) is 50.1 Å². The predicted octanol–water partition coefficient (Wildman–Crippen LogP) is 7.36. The number of nitrogens with one attached hydrogen (secondary N) is 1. The second-order valence-electron chi connectivity index (χ2n) is 7.17. The number of para-hydroxylation sites is 1. The molecule has 1 N–H and O–H groups in total. The highest BCUT2D eigenvalue weighted by Crippen LogP contribution is 2.36. The summed E-state index contributed by atoms with van der Waals surface area (Å²) in [7, 11) is 1.66. The number of benzene rings is 2. The second-order valence-corrected chi connectivity index (χ2v) is 7.60. The minimum Gasteiger partial charge on any atom is -0.495 e. The fourth-order valence-corrected chi connectivity index (χ4v) is 4.12. The summed E-state index contributed by atoms with van der Waals surface area (Å²) >= 11 is 6.21. The molecule has 0 bridgehead atoms. The van der Waals surface area contributed by atoms with Gasteiger partial charge in [0.1, 0.15) is 5.75 Å². The van der Waals surface area contributed by atoms with Crippen LogP contribution in [-0.4, -0.2) is 16.7 Å². The lowest BCUT2D eigenvalue weighted by molar-refractivity contribution is 0.416. The number of halogens is 1. The van der Waals surface area contributed by atoms with Crippen LogP contribution < -0.4 is 10.1 Å². The van der Waals surface area contributed by atoms with Gasteiger partial charge in [0.25, 0.3) is 0 Å². The van der Waals surface area contributed by atoms with Crippen molar-refractivity contribution in [3.63, 3.8) is 0 Å². The highest BCUT2D eigenvalue weighted by Gasteiger charge is 2.17. The van der Waals surface area contributed by atoms with Gasteiger partial charge in [-0.2, -0.15) is 0 Å². The SMILES string of the molecule is CCC=C(CCC)c1cccc2nc(Nc3c(C)cc(Cl)cc3OC)n(CC)c12. The zero-order valence-corrected chi connectivity index (χ0v) is 18.7. The molecule has 0 radical (unpaired) electrons. The molecule has 0 unspecified atom stereocenters. The summed E-state index contributed by atoms with van der Waals surface area (Å²) in [5.41, 5.74) is 6.74. The Balaban J connectivity index is 2.17. The molecule has 0 atom stereocenters. The molecule has 154 valence electrons. The van der Waals surface area contributed by atoms with Crippen molar-refractivity contribution in [3.05, 3.63) is 52.6 Å². The molecular formula is C24H30ClN3O. The van der Waals surface area contributed by atoms with Gasteiger partial charge in [0, 0.05) is 23.2 Å². The molecule has 0 amide bonds. The number of hydrogen-bond donors (Lipinski definition) is 1. The Hall–Kier alpha value is -2.46. The van der Waals surface area contributed by atoms with Crippen molar-refractivity contribution < 1.29 is 4.74 Å². The van der Waals surface area contributed by atoms with Crippen molar-refractivity contribution in [2.24, 2.45) is 0 Å². The van der Waals surface area contributed by atoms with Gasteiger partial charge < -0.3 is 14.6 Å². The number of fused-ring (bicyclic) bond motifs is 1. The van der Waals surface area contributed by atoms with Gasteiger partial charge in [-0.05, 0) is 50.0 Å². The maximum absolute atomic E-state index is 6.21. The van der Waals surface area contributed by atoms with Crippen molar-refractivity contribution in [2.75, 3.05) is 12.4 Å². The van der Waals surface area contributed by atoms with Crippen LogP contribution in [0.2, 0.25) is 5.02 Å². The fraction of sp³-hybridized carbons (Fsp3) is 0.375. The zero-order valence-electron chi connectivity index (χ0n) is 18.0. The van der Waals surface area contributed by atoms with E-state index in [1.807, 2.05) is 19.1 Å². The molecule has 0 aliphatic heterocycles. The molecule has 0 saturated carbocycles. The Morgan fingerprint density at radius 2 is 2.03 bits per heavy atom. The lowest BCUT2D eigenvalue weighted by Crippen LogP contribution is -2.05. The molecule has 3 aromatic rings. The van der Waals surface area contributed by atoms with Crippen LogP contribution in [-0.2, 0) is 6.54 Å². The number of imidazole rings is 1. The molecular weight excluding hydrogens is 382 g/mol. The van der Waals surface area contributed by atoms with Crippen molar-refractivity contribution in [1.82, 2.24) is 9.55 Å². The topological polar surface area (TPSA) is 39.1 Å². The average Bonchev–Trinajstić information content (AvgIpc) is 3.06. The summed E-state index contributed by atoms with van der Waals surface area (Å²) in [5.74, 6) is 1.52. The Labute approximate surface area is 178 Å². The number of ether oxygens (including phenoxy) is 1. The quantitative estimate of drug-likeness (QED) is 0.420. The molecule has 0 aliphatic rings. The van der Waals surface area contributed by atoms with Crippen LogP contribution in [0.5, 0.6) is 5.75 Å². The van der Waals surface area contributed by atoms with Crippen molar-refractivity contribution in [3.8, 4) is 5.75 Å². The van der Waals surface area contributed by atoms with Gasteiger partial charge in [0.15, 0.2) is 0 Å². The molecule has 0 fully saturated rings. The number of rotatable bonds is 8. The standard InChI is InChI=1S/C24H30ClN3O/c1-6-10-17(11-7-2)19-12-9-13-20-23(19)28(8-3)24(26-20)27-22-16(4)14-18(25)15-21(22)29-5/h9-10,12-15H,6-8,11H2,1-5H3,(H,26,27). The number of nitrogens with zero attached hydrogens (tertiary/aromatic N) is 2. The fourth-order valence-electron chi connectivity index (χ4n) is 3.86. The first kappa shape index (κ1) is 21.3. The summed E-state index contributed by atoms with van der Waals surface area (Å²) in [4.78, 5) is 4.92. The number of allylic oxidation sites excluding steroid dienone is 2. The first-order valence-corrected chi connectivity index (χ1v) is 10.7. The van der Waals surface area contributed by atoms with E-state index in [0.29, 0.717) is 10.8 Å². The van der Waals surface area contributed by atoms with Gasteiger partial charge in [0.2, 0.25) is 5.95 Å². The second kappa shape index (κ2) is 9.36. The maximum Gasteiger partial charge on any atom is 0.208 e. The highest BCUT2D eigenvalue weighted by atomic mass is 35.5. The third kappa shape index (κ3) is 4.27. The molecule has 1 aromatic heterocycles. The third-order valence-corrected chi connectivity index (χ3v) is 5.34. The molecule has 29 heavy (non-hydrogen) atoms. The average molecular weight is 412 g/mol. The Kier molecular flexibility index (Phi) is 6.86. The maximum atomic E-state index is 6.21. The third-order valence-electron chi connectivity index (χ3n) is 5.12. The van der Waals surface area contributed by atoms with Gasteiger partial charge in [0.05, 0.1) is 23.8 Å². The van der Waals surface area contributed by atoms with E-state index in [0.717, 1.165) is 48.5 Å². The molecule has 0 spiro atoms. The van der Waals surface area contributed by atoms with Gasteiger partial charge >= 0.3 is 0 Å². The Morgan fingerprint density at radius 1 is 1.24 bits per heavy atom. The summed E-state index contributed by atoms with van der Waals surface area (Å²) in [5, 5.41) is 4.16. The van der Waals surface area contributed by atoms with E-state index in [4.69, 9.17) is 21.3 Å². The molecule has 5 heteroatoms.